The lowest BCUT2D eigenvalue weighted by molar-refractivity contribution is -0.114. The van der Waals surface area contributed by atoms with E-state index in [9.17, 15) is 4.79 Å². The zero-order chi connectivity index (χ0) is 10.1. The Hall–Kier alpha value is -0.800. The average Bonchev–Trinajstić information content (AvgIpc) is 2.04. The van der Waals surface area contributed by atoms with Crippen molar-refractivity contribution in [1.82, 2.24) is 0 Å². The summed E-state index contributed by atoms with van der Waals surface area (Å²) in [7, 11) is 0. The lowest BCUT2D eigenvalue weighted by Crippen LogP contribution is -2.03. The van der Waals surface area contributed by atoms with E-state index in [0.29, 0.717) is 6.61 Å². The molecule has 0 aliphatic heterocycles. The van der Waals surface area contributed by atoms with E-state index in [0.717, 1.165) is 5.57 Å². The third-order valence-electron chi connectivity index (χ3n) is 1.15. The van der Waals surface area contributed by atoms with Crippen molar-refractivity contribution in [3.8, 4) is 0 Å². The number of carbonyl (C=O) groups is 1. The van der Waals surface area contributed by atoms with Gasteiger partial charge >= 0.3 is 0 Å². The van der Waals surface area contributed by atoms with Crippen molar-refractivity contribution in [2.75, 3.05) is 13.2 Å². The number of hydrogen-bond acceptors (Lipinski definition) is 2. The first-order chi connectivity index (χ1) is 6.16. The summed E-state index contributed by atoms with van der Waals surface area (Å²) < 4.78 is 4.99. The Labute approximate surface area is 84.4 Å². The van der Waals surface area contributed by atoms with Gasteiger partial charge < -0.3 is 4.74 Å². The van der Waals surface area contributed by atoms with Gasteiger partial charge in [-0.25, -0.2) is 0 Å². The molecule has 13 heavy (non-hydrogen) atoms. The van der Waals surface area contributed by atoms with Gasteiger partial charge in [-0.2, -0.15) is 0 Å². The summed E-state index contributed by atoms with van der Waals surface area (Å²) in [5.41, 5.74) is 0.827. The smallest absolute Gasteiger partial charge is 0.211 e. The third-order valence-corrected chi connectivity index (χ3v) is 1.28. The molecule has 0 heterocycles. The highest BCUT2D eigenvalue weighted by Crippen LogP contribution is 1.95. The minimum absolute atomic E-state index is 0.0274. The molecule has 0 fully saturated rings. The third kappa shape index (κ3) is 9.11. The normalized spacial score (nSPS) is 11.2. The van der Waals surface area contributed by atoms with Crippen LogP contribution in [0.15, 0.2) is 36.5 Å². The Balaban J connectivity index is 3.57. The van der Waals surface area contributed by atoms with Crippen LogP contribution < -0.4 is 0 Å². The van der Waals surface area contributed by atoms with E-state index in [-0.39, 0.29) is 11.7 Å². The van der Waals surface area contributed by atoms with Gasteiger partial charge in [0.15, 0.2) is 0 Å². The summed E-state index contributed by atoms with van der Waals surface area (Å²) in [5.74, 6) is 0. The van der Waals surface area contributed by atoms with Crippen LogP contribution in [0, 0.1) is 0 Å². The molecule has 0 unspecified atom stereocenters. The molecule has 0 spiro atoms. The molecule has 0 aliphatic carbocycles. The van der Waals surface area contributed by atoms with E-state index < -0.39 is 0 Å². The molecule has 72 valence electrons. The van der Waals surface area contributed by atoms with Crippen molar-refractivity contribution in [3.05, 3.63) is 36.5 Å². The van der Waals surface area contributed by atoms with E-state index in [1.54, 1.807) is 0 Å². The SMILES string of the molecule is C=C(/C=C\C=C/C)COCC(=O)S. The molecule has 0 aromatic heterocycles. The first kappa shape index (κ1) is 12.2. The second-order valence-corrected chi connectivity index (χ2v) is 2.93. The van der Waals surface area contributed by atoms with Crippen LogP contribution in [0.2, 0.25) is 0 Å². The molecular formula is C10H14O2S. The lowest BCUT2D eigenvalue weighted by Gasteiger charge is -1.99. The summed E-state index contributed by atoms with van der Waals surface area (Å²) in [4.78, 5) is 10.4. The Kier molecular flexibility index (Phi) is 7.35. The fourth-order valence-electron chi connectivity index (χ4n) is 0.620. The van der Waals surface area contributed by atoms with E-state index in [4.69, 9.17) is 4.74 Å². The lowest BCUT2D eigenvalue weighted by atomic mass is 10.3. The molecule has 0 amide bonds. The van der Waals surface area contributed by atoms with Crippen LogP contribution >= 0.6 is 12.6 Å². The topological polar surface area (TPSA) is 26.3 Å². The minimum atomic E-state index is -0.273. The highest BCUT2D eigenvalue weighted by Gasteiger charge is 1.93. The van der Waals surface area contributed by atoms with E-state index in [2.05, 4.69) is 19.2 Å². The molecule has 0 atom stereocenters. The number of carbonyl (C=O) groups excluding carboxylic acids is 1. The molecular weight excluding hydrogens is 184 g/mol. The van der Waals surface area contributed by atoms with E-state index >= 15 is 0 Å². The molecule has 0 radical (unpaired) electrons. The summed E-state index contributed by atoms with van der Waals surface area (Å²) in [5, 5.41) is -0.273. The molecule has 0 rings (SSSR count). The Morgan fingerprint density at radius 1 is 1.46 bits per heavy atom. The van der Waals surface area contributed by atoms with Crippen molar-refractivity contribution < 1.29 is 9.53 Å². The van der Waals surface area contributed by atoms with Crippen LogP contribution in [-0.4, -0.2) is 18.3 Å². The first-order valence-corrected chi connectivity index (χ1v) is 4.38. The number of ether oxygens (including phenoxy) is 1. The predicted octanol–water partition coefficient (Wildman–Crippen LogP) is 2.15. The van der Waals surface area contributed by atoms with Gasteiger partial charge in [0, 0.05) is 0 Å². The maximum atomic E-state index is 10.4. The van der Waals surface area contributed by atoms with Crippen molar-refractivity contribution in [3.63, 3.8) is 0 Å². The second-order valence-electron chi connectivity index (χ2n) is 2.43. The molecule has 0 bridgehead atoms. The van der Waals surface area contributed by atoms with Crippen molar-refractivity contribution in [2.45, 2.75) is 6.92 Å². The second kappa shape index (κ2) is 7.83. The van der Waals surface area contributed by atoms with Crippen molar-refractivity contribution in [2.24, 2.45) is 0 Å². The highest BCUT2D eigenvalue weighted by molar-refractivity contribution is 7.96. The monoisotopic (exact) mass is 198 g/mol. The van der Waals surface area contributed by atoms with Crippen LogP contribution in [0.1, 0.15) is 6.92 Å². The fourth-order valence-corrected chi connectivity index (χ4v) is 0.712. The molecule has 0 saturated carbocycles. The average molecular weight is 198 g/mol. The Morgan fingerprint density at radius 3 is 2.69 bits per heavy atom. The summed E-state index contributed by atoms with van der Waals surface area (Å²) in [6.07, 6.45) is 7.52. The predicted molar refractivity (Wildman–Crippen MR) is 57.9 cm³/mol. The summed E-state index contributed by atoms with van der Waals surface area (Å²) in [6.45, 7) is 6.06. The quantitative estimate of drug-likeness (QED) is 0.523. The number of allylic oxidation sites excluding steroid dienone is 3. The van der Waals surface area contributed by atoms with Crippen LogP contribution in [-0.2, 0) is 9.53 Å². The van der Waals surface area contributed by atoms with Gasteiger partial charge in [-0.1, -0.05) is 30.9 Å². The van der Waals surface area contributed by atoms with Crippen LogP contribution in [0.3, 0.4) is 0 Å². The Morgan fingerprint density at radius 2 is 2.15 bits per heavy atom. The molecule has 0 saturated heterocycles. The summed E-state index contributed by atoms with van der Waals surface area (Å²) in [6, 6.07) is 0. The molecule has 2 nitrogen and oxygen atoms in total. The standard InChI is InChI=1S/C10H14O2S/c1-3-4-5-6-9(2)7-12-8-10(11)13/h3-6H,2,7-8H2,1H3,(H,11,13)/b4-3-,6-5-. The minimum Gasteiger partial charge on any atom is -0.368 e. The molecule has 3 heteroatoms. The van der Waals surface area contributed by atoms with Crippen LogP contribution in [0.25, 0.3) is 0 Å². The summed E-state index contributed by atoms with van der Waals surface area (Å²) >= 11 is 3.56. The number of thiol groups is 1. The Bertz CT molecular complexity index is 229. The molecule has 0 aliphatic rings. The maximum absolute atomic E-state index is 10.4. The zero-order valence-electron chi connectivity index (χ0n) is 7.69. The van der Waals surface area contributed by atoms with Gasteiger partial charge in [0.2, 0.25) is 5.12 Å². The van der Waals surface area contributed by atoms with Gasteiger partial charge in [-0.05, 0) is 12.5 Å². The zero-order valence-corrected chi connectivity index (χ0v) is 8.59. The van der Waals surface area contributed by atoms with Crippen molar-refractivity contribution in [1.29, 1.82) is 0 Å². The molecule has 0 aromatic carbocycles. The van der Waals surface area contributed by atoms with Crippen LogP contribution in [0.5, 0.6) is 0 Å². The van der Waals surface area contributed by atoms with Gasteiger partial charge in [0.25, 0.3) is 0 Å². The van der Waals surface area contributed by atoms with Gasteiger partial charge in [0.1, 0.15) is 6.61 Å². The van der Waals surface area contributed by atoms with Gasteiger partial charge in [-0.3, -0.25) is 4.79 Å². The number of rotatable bonds is 6. The van der Waals surface area contributed by atoms with Crippen LogP contribution in [0.4, 0.5) is 0 Å². The maximum Gasteiger partial charge on any atom is 0.211 e. The van der Waals surface area contributed by atoms with Crippen molar-refractivity contribution >= 4 is 17.7 Å². The van der Waals surface area contributed by atoms with Gasteiger partial charge in [0.05, 0.1) is 6.61 Å². The largest absolute Gasteiger partial charge is 0.368 e. The van der Waals surface area contributed by atoms with Gasteiger partial charge in [-0.15, -0.1) is 12.6 Å². The fraction of sp³-hybridized carbons (Fsp3) is 0.300. The highest BCUT2D eigenvalue weighted by atomic mass is 32.1. The number of hydrogen-bond donors (Lipinski definition) is 1. The molecule has 0 aromatic rings. The molecule has 0 N–H and O–H groups in total. The van der Waals surface area contributed by atoms with E-state index in [1.165, 1.54) is 0 Å². The van der Waals surface area contributed by atoms with E-state index in [1.807, 2.05) is 31.2 Å². The first-order valence-electron chi connectivity index (χ1n) is 3.93.